The Hall–Kier alpha value is 0.914. The molecule has 0 unspecified atom stereocenters. The van der Waals surface area contributed by atoms with Gasteiger partial charge in [0.25, 0.3) is 0 Å². The molecule has 0 aliphatic carbocycles. The summed E-state index contributed by atoms with van der Waals surface area (Å²) in [6.07, 6.45) is 1.96. The van der Waals surface area contributed by atoms with Crippen molar-refractivity contribution in [3.8, 4) is 0 Å². The minimum absolute atomic E-state index is 0. The van der Waals surface area contributed by atoms with Gasteiger partial charge in [-0.2, -0.15) is 0 Å². The molecule has 0 spiro atoms. The zero-order valence-corrected chi connectivity index (χ0v) is 12.1. The van der Waals surface area contributed by atoms with Crippen LogP contribution < -0.4 is 24.8 Å². The van der Waals surface area contributed by atoms with Crippen LogP contribution in [0.3, 0.4) is 0 Å². The van der Waals surface area contributed by atoms with Gasteiger partial charge in [0.2, 0.25) is 0 Å². The van der Waals surface area contributed by atoms with Gasteiger partial charge in [0.05, 0.1) is 0 Å². The van der Waals surface area contributed by atoms with Gasteiger partial charge in [0, 0.05) is 0 Å². The Kier molecular flexibility index (Phi) is 7.00. The third-order valence-corrected chi connectivity index (χ3v) is 7.17. The maximum atomic E-state index is 9.54. The number of hydrogen-bond donors (Lipinski definition) is 2. The van der Waals surface area contributed by atoms with Gasteiger partial charge < -0.3 is 24.8 Å². The molecule has 1 aliphatic heterocycles. The molecule has 0 aromatic carbocycles. The van der Waals surface area contributed by atoms with Gasteiger partial charge in [-0.15, -0.1) is 0 Å². The topological polar surface area (TPSA) is 40.5 Å². The molecule has 1 aliphatic rings. The maximum absolute atomic E-state index is 9.54. The van der Waals surface area contributed by atoms with Crippen molar-refractivity contribution < 1.29 is 49.6 Å². The van der Waals surface area contributed by atoms with Crippen LogP contribution in [0, 0.1) is 0 Å². The summed E-state index contributed by atoms with van der Waals surface area (Å²) >= 11 is -1.42. The first kappa shape index (κ1) is 15.9. The Balaban J connectivity index is 0.000000980. The van der Waals surface area contributed by atoms with Crippen LogP contribution in [0.2, 0.25) is 9.45 Å². The molecule has 15 heavy (non-hydrogen) atoms. The van der Waals surface area contributed by atoms with Crippen molar-refractivity contribution in [1.29, 1.82) is 0 Å². The van der Waals surface area contributed by atoms with E-state index in [2.05, 4.69) is 17.5 Å². The summed E-state index contributed by atoms with van der Waals surface area (Å²) < 4.78 is 20.5. The second kappa shape index (κ2) is 6.60. The summed E-state index contributed by atoms with van der Waals surface area (Å²) in [5, 5.41) is 2.09. The second-order valence-electron chi connectivity index (χ2n) is 3.77. The molecule has 0 radical (unpaired) electrons. The van der Waals surface area contributed by atoms with Gasteiger partial charge in [-0.05, 0) is 0 Å². The fourth-order valence-electron chi connectivity index (χ4n) is 1.89. The number of halogens is 2. The fraction of sp³-hybridized carbons (Fsp3) is 0.556. The average Bonchev–Trinajstić information content (AvgIpc) is 2.56. The molecule has 1 fully saturated rings. The Morgan fingerprint density at radius 3 is 2.27 bits per heavy atom. The van der Waals surface area contributed by atoms with Crippen LogP contribution in [0.15, 0.2) is 17.5 Å². The Morgan fingerprint density at radius 1 is 1.20 bits per heavy atom. The molecule has 2 rings (SSSR count). The number of thiophene rings is 1. The summed E-state index contributed by atoms with van der Waals surface area (Å²) in [4.78, 5) is 1.41. The quantitative estimate of drug-likeness (QED) is 0.527. The standard InChI is InChI=1S/C9H12S.2ClH.2H2O.Ti/c1-3-8(4-2)9-6-5-7-10-9;;;;;/h5-8H,1-4H2;2*1H;2*1H2;/q;;;;;+4/p-4. The van der Waals surface area contributed by atoms with Crippen molar-refractivity contribution in [2.24, 2.45) is 0 Å². The van der Waals surface area contributed by atoms with Crippen molar-refractivity contribution >= 4 is 11.3 Å². The van der Waals surface area contributed by atoms with E-state index in [0.717, 1.165) is 12.8 Å². The van der Waals surface area contributed by atoms with E-state index in [1.807, 2.05) is 0 Å². The third-order valence-electron chi connectivity index (χ3n) is 2.73. The van der Waals surface area contributed by atoms with Crippen LogP contribution in [0.1, 0.15) is 23.6 Å². The van der Waals surface area contributed by atoms with Crippen LogP contribution in [-0.4, -0.2) is 7.38 Å². The van der Waals surface area contributed by atoms with Crippen molar-refractivity contribution in [2.75, 3.05) is 0 Å². The van der Waals surface area contributed by atoms with Crippen LogP contribution in [0.5, 0.6) is 0 Å². The molecule has 1 aromatic heterocycles. The minimum atomic E-state index is -3.21. The average molecular weight is 305 g/mol. The molecule has 2 N–H and O–H groups in total. The Morgan fingerprint density at radius 2 is 1.80 bits per heavy atom. The molecule has 86 valence electrons. The first-order valence-electron chi connectivity index (χ1n) is 4.65. The SMILES string of the molecule is [Cl-].[Cl-].[OH][Ti+2]1([OH])[CH2]CC(c2cccs2)C[CH2]1. The van der Waals surface area contributed by atoms with E-state index >= 15 is 0 Å². The van der Waals surface area contributed by atoms with E-state index in [1.165, 1.54) is 4.88 Å². The van der Waals surface area contributed by atoms with Gasteiger partial charge in [-0.25, -0.2) is 0 Å². The van der Waals surface area contributed by atoms with Gasteiger partial charge in [0.1, 0.15) is 0 Å². The van der Waals surface area contributed by atoms with E-state index in [-0.39, 0.29) is 24.8 Å². The Bertz CT molecular complexity index is 270. The van der Waals surface area contributed by atoms with Gasteiger partial charge in [-0.3, -0.25) is 0 Å². The summed E-state index contributed by atoms with van der Waals surface area (Å²) in [7, 11) is 0. The molecular weight excluding hydrogens is 291 g/mol. The van der Waals surface area contributed by atoms with E-state index in [0.29, 0.717) is 15.4 Å². The molecule has 2 nitrogen and oxygen atoms in total. The summed E-state index contributed by atoms with van der Waals surface area (Å²) in [6.45, 7) is 0. The van der Waals surface area contributed by atoms with E-state index in [1.54, 1.807) is 11.3 Å². The first-order chi connectivity index (χ1) is 6.17. The first-order valence-corrected chi connectivity index (χ1v) is 9.14. The van der Waals surface area contributed by atoms with Crippen LogP contribution in [0.25, 0.3) is 0 Å². The predicted octanol–water partition coefficient (Wildman–Crippen LogP) is -3.56. The predicted molar refractivity (Wildman–Crippen MR) is 50.3 cm³/mol. The van der Waals surface area contributed by atoms with Crippen LogP contribution in [-0.2, 0) is 17.4 Å². The van der Waals surface area contributed by atoms with Crippen molar-refractivity contribution in [3.63, 3.8) is 0 Å². The van der Waals surface area contributed by atoms with Crippen LogP contribution >= 0.6 is 11.3 Å². The Labute approximate surface area is 111 Å². The molecule has 0 bridgehead atoms. The molecule has 0 amide bonds. The molecule has 1 aromatic rings. The van der Waals surface area contributed by atoms with Gasteiger partial charge in [0.15, 0.2) is 0 Å². The number of rotatable bonds is 1. The molecular formula is C9H14Cl2O2STi. The second-order valence-corrected chi connectivity index (χ2v) is 9.38. The molecule has 0 atom stereocenters. The van der Waals surface area contributed by atoms with Gasteiger partial charge in [-0.1, -0.05) is 0 Å². The molecule has 0 saturated carbocycles. The summed E-state index contributed by atoms with van der Waals surface area (Å²) in [5.74, 6) is 0.595. The van der Waals surface area contributed by atoms with Crippen molar-refractivity contribution in [1.82, 2.24) is 0 Å². The normalized spacial score (nSPS) is 18.0. The zero-order chi connectivity index (χ0) is 9.31. The van der Waals surface area contributed by atoms with Crippen molar-refractivity contribution in [2.45, 2.75) is 28.2 Å². The molecule has 6 heteroatoms. The van der Waals surface area contributed by atoms with E-state index in [4.69, 9.17) is 0 Å². The molecule has 2 heterocycles. The summed E-state index contributed by atoms with van der Waals surface area (Å²) in [6, 6.07) is 4.23. The third kappa shape index (κ3) is 4.35. The fourth-order valence-corrected chi connectivity index (χ4v) is 5.71. The van der Waals surface area contributed by atoms with Gasteiger partial charge >= 0.3 is 86.7 Å². The van der Waals surface area contributed by atoms with Crippen molar-refractivity contribution in [3.05, 3.63) is 22.4 Å². The monoisotopic (exact) mass is 304 g/mol. The summed E-state index contributed by atoms with van der Waals surface area (Å²) in [5.41, 5.74) is 0. The zero-order valence-electron chi connectivity index (χ0n) is 8.20. The van der Waals surface area contributed by atoms with E-state index < -0.39 is 17.4 Å². The molecule has 1 saturated heterocycles. The number of hydrogen-bond acceptors (Lipinski definition) is 3. The van der Waals surface area contributed by atoms with E-state index in [9.17, 15) is 7.38 Å². The van der Waals surface area contributed by atoms with Crippen LogP contribution in [0.4, 0.5) is 0 Å².